The quantitative estimate of drug-likeness (QED) is 0.334. The molecule has 0 fully saturated rings. The Labute approximate surface area is 154 Å². The molecule has 1 aliphatic rings. The Kier molecular flexibility index (Phi) is 4.59. The van der Waals surface area contributed by atoms with Gasteiger partial charge in [-0.15, -0.1) is 0 Å². The number of benzene rings is 2. The van der Waals surface area contributed by atoms with Gasteiger partial charge in [-0.3, -0.25) is 0 Å². The Morgan fingerprint density at radius 3 is 1.20 bits per heavy atom. The molecule has 2 aromatic rings. The molecule has 0 amide bonds. The molecule has 0 saturated carbocycles. The lowest BCUT2D eigenvalue weighted by atomic mass is 10.3. The topological polar surface area (TPSA) is 0 Å². The number of halogens is 6. The van der Waals surface area contributed by atoms with E-state index in [-0.39, 0.29) is 0 Å². The molecule has 1 heterocycles. The normalized spacial score (nSPS) is 13.1. The van der Waals surface area contributed by atoms with Gasteiger partial charge in [0.1, 0.15) is 0 Å². The second kappa shape index (κ2) is 5.82. The minimum absolute atomic E-state index is 0.406. The van der Waals surface area contributed by atoms with Crippen molar-refractivity contribution in [2.24, 2.45) is 0 Å². The highest BCUT2D eigenvalue weighted by Gasteiger charge is 2.28. The molecule has 0 bridgehead atoms. The zero-order valence-corrected chi connectivity index (χ0v) is 15.4. The van der Waals surface area contributed by atoms with Gasteiger partial charge >= 0.3 is 0 Å². The molecular formula is C12H2Cl6S2. The third-order valence-electron chi connectivity index (χ3n) is 2.58. The first-order chi connectivity index (χ1) is 9.40. The molecule has 20 heavy (non-hydrogen) atoms. The molecule has 1 aliphatic heterocycles. The van der Waals surface area contributed by atoms with Gasteiger partial charge in [-0.05, 0) is 12.1 Å². The maximum absolute atomic E-state index is 6.25. The van der Waals surface area contributed by atoms with Crippen LogP contribution in [0.5, 0.6) is 0 Å². The van der Waals surface area contributed by atoms with Crippen molar-refractivity contribution in [3.05, 3.63) is 42.3 Å². The number of hydrogen-bond donors (Lipinski definition) is 0. The van der Waals surface area contributed by atoms with Crippen LogP contribution in [0.2, 0.25) is 30.1 Å². The Balaban J connectivity index is 2.27. The fourth-order valence-corrected chi connectivity index (χ4v) is 6.13. The summed E-state index contributed by atoms with van der Waals surface area (Å²) in [5.74, 6) is 0. The summed E-state index contributed by atoms with van der Waals surface area (Å²) in [4.78, 5) is 3.17. The molecule has 0 unspecified atom stereocenters. The first-order valence-corrected chi connectivity index (χ1v) is 9.01. The minimum Gasteiger partial charge on any atom is -0.0844 e. The molecule has 0 spiro atoms. The Morgan fingerprint density at radius 1 is 0.500 bits per heavy atom. The van der Waals surface area contributed by atoms with E-state index >= 15 is 0 Å². The van der Waals surface area contributed by atoms with E-state index in [1.165, 1.54) is 23.5 Å². The van der Waals surface area contributed by atoms with Gasteiger partial charge in [-0.25, -0.2) is 0 Å². The minimum atomic E-state index is 0.406. The molecule has 0 radical (unpaired) electrons. The van der Waals surface area contributed by atoms with E-state index in [1.54, 1.807) is 12.1 Å². The highest BCUT2D eigenvalue weighted by molar-refractivity contribution is 8.05. The zero-order chi connectivity index (χ0) is 14.6. The third-order valence-corrected chi connectivity index (χ3v) is 7.94. The van der Waals surface area contributed by atoms with Crippen LogP contribution in [-0.2, 0) is 0 Å². The molecule has 0 aliphatic carbocycles. The molecule has 0 atom stereocenters. The van der Waals surface area contributed by atoms with Crippen molar-refractivity contribution in [3.63, 3.8) is 0 Å². The number of hydrogen-bond acceptors (Lipinski definition) is 2. The summed E-state index contributed by atoms with van der Waals surface area (Å²) in [5.41, 5.74) is 0. The van der Waals surface area contributed by atoms with Crippen molar-refractivity contribution in [3.8, 4) is 0 Å². The highest BCUT2D eigenvalue weighted by atomic mass is 35.5. The van der Waals surface area contributed by atoms with Gasteiger partial charge in [0, 0.05) is 19.6 Å². The van der Waals surface area contributed by atoms with Crippen molar-refractivity contribution in [2.75, 3.05) is 0 Å². The maximum Gasteiger partial charge on any atom is 0.0744 e. The average Bonchev–Trinajstić information content (AvgIpc) is 2.41. The van der Waals surface area contributed by atoms with Gasteiger partial charge in [-0.1, -0.05) is 93.1 Å². The van der Waals surface area contributed by atoms with Crippen LogP contribution < -0.4 is 0 Å². The van der Waals surface area contributed by atoms with Crippen molar-refractivity contribution in [1.29, 1.82) is 0 Å². The van der Waals surface area contributed by atoms with E-state index in [1.807, 2.05) is 0 Å². The lowest BCUT2D eigenvalue weighted by Gasteiger charge is -2.23. The van der Waals surface area contributed by atoms with Crippen LogP contribution in [0.4, 0.5) is 0 Å². The number of rotatable bonds is 0. The molecule has 2 aromatic carbocycles. The van der Waals surface area contributed by atoms with E-state index in [2.05, 4.69) is 0 Å². The molecular weight excluding hydrogens is 421 g/mol. The first kappa shape index (κ1) is 15.8. The standard InChI is InChI=1S/C12H2Cl6S2/c13-3-1-5(15)9-11(7(3)17)20-10-6(16)2-4(14)8(18)12(10)19-9/h1-2H. The van der Waals surface area contributed by atoms with Crippen molar-refractivity contribution in [2.45, 2.75) is 19.6 Å². The first-order valence-electron chi connectivity index (χ1n) is 5.11. The summed E-state index contributed by atoms with van der Waals surface area (Å²) in [6, 6.07) is 3.23. The lowest BCUT2D eigenvalue weighted by Crippen LogP contribution is -1.94. The fraction of sp³-hybridized carbons (Fsp3) is 0. The van der Waals surface area contributed by atoms with Gasteiger partial charge in [0.15, 0.2) is 0 Å². The van der Waals surface area contributed by atoms with Crippen LogP contribution >= 0.6 is 93.1 Å². The van der Waals surface area contributed by atoms with Crippen LogP contribution in [-0.4, -0.2) is 0 Å². The van der Waals surface area contributed by atoms with Gasteiger partial charge in [0.25, 0.3) is 0 Å². The van der Waals surface area contributed by atoms with Gasteiger partial charge in [0.2, 0.25) is 0 Å². The predicted octanol–water partition coefficient (Wildman–Crippen LogP) is 8.22. The van der Waals surface area contributed by atoms with Crippen LogP contribution in [0, 0.1) is 0 Å². The summed E-state index contributed by atoms with van der Waals surface area (Å²) < 4.78 is 0. The Morgan fingerprint density at radius 2 is 0.850 bits per heavy atom. The molecule has 0 aromatic heterocycles. The van der Waals surface area contributed by atoms with Crippen molar-refractivity contribution >= 4 is 93.1 Å². The predicted molar refractivity (Wildman–Crippen MR) is 91.2 cm³/mol. The second-order valence-corrected chi connectivity index (χ2v) is 8.25. The Bertz CT molecular complexity index is 680. The summed E-state index contributed by atoms with van der Waals surface area (Å²) in [6.45, 7) is 0. The van der Waals surface area contributed by atoms with Crippen LogP contribution in [0.15, 0.2) is 31.7 Å². The van der Waals surface area contributed by atoms with Crippen LogP contribution in [0.25, 0.3) is 0 Å². The van der Waals surface area contributed by atoms with E-state index in [4.69, 9.17) is 69.6 Å². The molecule has 8 heteroatoms. The molecule has 0 saturated heterocycles. The van der Waals surface area contributed by atoms with Gasteiger partial charge < -0.3 is 0 Å². The molecule has 0 N–H and O–H groups in total. The summed E-state index contributed by atoms with van der Waals surface area (Å²) in [5, 5.41) is 2.76. The smallest absolute Gasteiger partial charge is 0.0744 e. The monoisotopic (exact) mass is 420 g/mol. The third kappa shape index (κ3) is 2.53. The second-order valence-electron chi connectivity index (χ2n) is 3.83. The van der Waals surface area contributed by atoms with E-state index in [9.17, 15) is 0 Å². The largest absolute Gasteiger partial charge is 0.0844 e. The fourth-order valence-electron chi connectivity index (χ4n) is 1.69. The van der Waals surface area contributed by atoms with E-state index in [0.717, 1.165) is 19.6 Å². The van der Waals surface area contributed by atoms with Crippen molar-refractivity contribution in [1.82, 2.24) is 0 Å². The van der Waals surface area contributed by atoms with Crippen LogP contribution in [0.3, 0.4) is 0 Å². The van der Waals surface area contributed by atoms with E-state index < -0.39 is 0 Å². The van der Waals surface area contributed by atoms with E-state index in [0.29, 0.717) is 30.1 Å². The van der Waals surface area contributed by atoms with Gasteiger partial charge in [0.05, 0.1) is 30.1 Å². The van der Waals surface area contributed by atoms with Crippen molar-refractivity contribution < 1.29 is 0 Å². The molecule has 0 nitrogen and oxygen atoms in total. The van der Waals surface area contributed by atoms with Crippen LogP contribution in [0.1, 0.15) is 0 Å². The summed E-state index contributed by atoms with van der Waals surface area (Å²) in [7, 11) is 0. The zero-order valence-electron chi connectivity index (χ0n) is 9.24. The number of fused-ring (bicyclic) bond motifs is 2. The summed E-state index contributed by atoms with van der Waals surface area (Å²) in [6.07, 6.45) is 0. The SMILES string of the molecule is Clc1cc(Cl)c2c(c1Cl)Sc1c(Cl)cc(Cl)c(Cl)c1S2. The lowest BCUT2D eigenvalue weighted by molar-refractivity contribution is 1.16. The summed E-state index contributed by atoms with van der Waals surface area (Å²) >= 11 is 39.8. The average molecular weight is 423 g/mol. The molecule has 3 rings (SSSR count). The molecule has 104 valence electrons. The maximum atomic E-state index is 6.25. The highest BCUT2D eigenvalue weighted by Crippen LogP contribution is 2.59. The van der Waals surface area contributed by atoms with Gasteiger partial charge in [-0.2, -0.15) is 0 Å². The Hall–Kier alpha value is 0.880.